The lowest BCUT2D eigenvalue weighted by Crippen LogP contribution is -2.36. The fourth-order valence-electron chi connectivity index (χ4n) is 3.00. The van der Waals surface area contributed by atoms with Gasteiger partial charge in [0, 0.05) is 21.8 Å². The number of fused-ring (bicyclic) bond motifs is 1. The van der Waals surface area contributed by atoms with Crippen molar-refractivity contribution in [2.75, 3.05) is 25.8 Å². The molecule has 0 saturated carbocycles. The van der Waals surface area contributed by atoms with Crippen molar-refractivity contribution in [2.24, 2.45) is 0 Å². The van der Waals surface area contributed by atoms with Crippen LogP contribution in [-0.4, -0.2) is 42.4 Å². The molecule has 3 amide bonds. The molecule has 2 aromatic rings. The van der Waals surface area contributed by atoms with E-state index in [2.05, 4.69) is 37.2 Å². The predicted molar refractivity (Wildman–Crippen MR) is 122 cm³/mol. The van der Waals surface area contributed by atoms with E-state index >= 15 is 0 Å². The number of ether oxygens (including phenoxy) is 3. The first-order valence-corrected chi connectivity index (χ1v) is 11.2. The summed E-state index contributed by atoms with van der Waals surface area (Å²) in [5.74, 6) is 0.569. The Morgan fingerprint density at radius 1 is 1.23 bits per heavy atom. The maximum atomic E-state index is 12.8. The Bertz CT molecular complexity index is 1140. The average Bonchev–Trinajstić information content (AvgIpc) is 3.27. The van der Waals surface area contributed by atoms with Gasteiger partial charge >= 0.3 is 0 Å². The number of thioether (sulfide) groups is 1. The van der Waals surface area contributed by atoms with Crippen molar-refractivity contribution in [1.29, 1.82) is 0 Å². The molecule has 11 heteroatoms. The van der Waals surface area contributed by atoms with Gasteiger partial charge in [0.1, 0.15) is 12.3 Å². The summed E-state index contributed by atoms with van der Waals surface area (Å²) in [4.78, 5) is 38.7. The Morgan fingerprint density at radius 3 is 2.77 bits per heavy atom. The number of hydrogen-bond donors (Lipinski definition) is 1. The Balaban J connectivity index is 1.48. The molecule has 160 valence electrons. The van der Waals surface area contributed by atoms with Crippen LogP contribution in [0.4, 0.5) is 10.5 Å². The molecule has 0 aliphatic carbocycles. The maximum Gasteiger partial charge on any atom is 0.294 e. The van der Waals surface area contributed by atoms with Crippen LogP contribution < -0.4 is 19.5 Å². The van der Waals surface area contributed by atoms with Gasteiger partial charge in [-0.3, -0.25) is 19.3 Å². The third-order valence-corrected chi connectivity index (χ3v) is 6.31. The Labute approximate surface area is 198 Å². The van der Waals surface area contributed by atoms with E-state index in [1.807, 2.05) is 6.07 Å². The van der Waals surface area contributed by atoms with Crippen molar-refractivity contribution in [3.05, 3.63) is 49.7 Å². The first-order chi connectivity index (χ1) is 14.9. The molecule has 2 aromatic carbocycles. The molecular weight excluding hydrogens is 556 g/mol. The summed E-state index contributed by atoms with van der Waals surface area (Å²) in [7, 11) is 1.51. The second-order valence-electron chi connectivity index (χ2n) is 6.39. The van der Waals surface area contributed by atoms with E-state index in [9.17, 15) is 14.4 Å². The monoisotopic (exact) mass is 568 g/mol. The summed E-state index contributed by atoms with van der Waals surface area (Å²) in [5.41, 5.74) is 1.08. The fourth-order valence-corrected chi connectivity index (χ4v) is 5.25. The van der Waals surface area contributed by atoms with Gasteiger partial charge in [0.05, 0.1) is 16.5 Å². The van der Waals surface area contributed by atoms with Crippen LogP contribution in [0.5, 0.6) is 17.2 Å². The van der Waals surface area contributed by atoms with Crippen molar-refractivity contribution in [3.63, 3.8) is 0 Å². The summed E-state index contributed by atoms with van der Waals surface area (Å²) < 4.78 is 17.3. The molecule has 1 fully saturated rings. The number of halogens is 2. The normalized spacial score (nSPS) is 16.2. The van der Waals surface area contributed by atoms with E-state index < -0.39 is 23.6 Å². The number of methoxy groups -OCH3 is 1. The molecule has 0 atom stereocenters. The SMILES string of the molecule is COc1c(Br)cc(Br)cc1/C=C1/SC(=O)N(CC(=O)Nc2ccc3c(c2)OCO3)C1=O. The molecule has 2 aliphatic heterocycles. The van der Waals surface area contributed by atoms with Crippen molar-refractivity contribution < 1.29 is 28.6 Å². The molecule has 4 rings (SSSR count). The number of anilines is 1. The third kappa shape index (κ3) is 4.58. The molecule has 0 unspecified atom stereocenters. The van der Waals surface area contributed by atoms with Crippen molar-refractivity contribution in [1.82, 2.24) is 4.90 Å². The van der Waals surface area contributed by atoms with Crippen LogP contribution in [0.2, 0.25) is 0 Å². The summed E-state index contributed by atoms with van der Waals surface area (Å²) in [6.45, 7) is -0.287. The highest BCUT2D eigenvalue weighted by Crippen LogP contribution is 2.38. The average molecular weight is 570 g/mol. The van der Waals surface area contributed by atoms with Crippen LogP contribution >= 0.6 is 43.6 Å². The van der Waals surface area contributed by atoms with Gasteiger partial charge in [-0.2, -0.15) is 0 Å². The molecule has 1 saturated heterocycles. The van der Waals surface area contributed by atoms with Crippen molar-refractivity contribution in [3.8, 4) is 17.2 Å². The maximum absolute atomic E-state index is 12.8. The Hall–Kier alpha value is -2.50. The van der Waals surface area contributed by atoms with Crippen LogP contribution in [-0.2, 0) is 9.59 Å². The first kappa shape index (κ1) is 21.7. The van der Waals surface area contributed by atoms with E-state index in [4.69, 9.17) is 14.2 Å². The van der Waals surface area contributed by atoms with Gasteiger partial charge in [-0.15, -0.1) is 0 Å². The Kier molecular flexibility index (Phi) is 6.26. The van der Waals surface area contributed by atoms with Gasteiger partial charge in [-0.1, -0.05) is 15.9 Å². The van der Waals surface area contributed by atoms with Gasteiger partial charge in [-0.05, 0) is 58.0 Å². The molecule has 2 heterocycles. The molecule has 0 spiro atoms. The van der Waals surface area contributed by atoms with Crippen molar-refractivity contribution >= 4 is 72.4 Å². The molecule has 8 nitrogen and oxygen atoms in total. The number of amides is 3. The van der Waals surface area contributed by atoms with Gasteiger partial charge in [-0.25, -0.2) is 0 Å². The number of nitrogens with one attached hydrogen (secondary N) is 1. The molecule has 0 aromatic heterocycles. The molecule has 0 radical (unpaired) electrons. The predicted octanol–water partition coefficient (Wildman–Crippen LogP) is 4.62. The highest BCUT2D eigenvalue weighted by molar-refractivity contribution is 9.11. The Morgan fingerprint density at radius 2 is 2.00 bits per heavy atom. The van der Waals surface area contributed by atoms with Gasteiger partial charge < -0.3 is 19.5 Å². The molecule has 2 aliphatic rings. The minimum Gasteiger partial charge on any atom is -0.495 e. The van der Waals surface area contributed by atoms with Crippen LogP contribution in [0.25, 0.3) is 6.08 Å². The largest absolute Gasteiger partial charge is 0.495 e. The van der Waals surface area contributed by atoms with Gasteiger partial charge in [0.15, 0.2) is 11.5 Å². The lowest BCUT2D eigenvalue weighted by atomic mass is 10.2. The molecule has 31 heavy (non-hydrogen) atoms. The second-order valence-corrected chi connectivity index (χ2v) is 9.16. The molecule has 1 N–H and O–H groups in total. The van der Waals surface area contributed by atoms with E-state index in [1.54, 1.807) is 30.3 Å². The van der Waals surface area contributed by atoms with E-state index in [0.29, 0.717) is 33.0 Å². The van der Waals surface area contributed by atoms with Crippen LogP contribution in [0.3, 0.4) is 0 Å². The van der Waals surface area contributed by atoms with Crippen LogP contribution in [0.1, 0.15) is 5.56 Å². The highest BCUT2D eigenvalue weighted by Gasteiger charge is 2.36. The lowest BCUT2D eigenvalue weighted by Gasteiger charge is -2.13. The summed E-state index contributed by atoms with van der Waals surface area (Å²) >= 11 is 7.57. The summed E-state index contributed by atoms with van der Waals surface area (Å²) in [6, 6.07) is 8.51. The number of carbonyl (C=O) groups excluding carboxylic acids is 3. The number of benzene rings is 2. The lowest BCUT2D eigenvalue weighted by molar-refractivity contribution is -0.127. The third-order valence-electron chi connectivity index (χ3n) is 4.36. The zero-order valence-corrected chi connectivity index (χ0v) is 19.9. The topological polar surface area (TPSA) is 94.2 Å². The first-order valence-electron chi connectivity index (χ1n) is 8.83. The summed E-state index contributed by atoms with van der Waals surface area (Å²) in [5, 5.41) is 2.13. The number of carbonyl (C=O) groups is 3. The van der Waals surface area contributed by atoms with Gasteiger partial charge in [0.2, 0.25) is 12.7 Å². The number of hydrogen-bond acceptors (Lipinski definition) is 7. The quantitative estimate of drug-likeness (QED) is 0.525. The zero-order chi connectivity index (χ0) is 22.1. The summed E-state index contributed by atoms with van der Waals surface area (Å²) in [6.07, 6.45) is 1.56. The van der Waals surface area contributed by atoms with Crippen molar-refractivity contribution in [2.45, 2.75) is 0 Å². The number of nitrogens with zero attached hydrogens (tertiary/aromatic N) is 1. The van der Waals surface area contributed by atoms with Crippen LogP contribution in [0, 0.1) is 0 Å². The minimum atomic E-state index is -0.547. The smallest absolute Gasteiger partial charge is 0.294 e. The number of imide groups is 1. The second kappa shape index (κ2) is 8.93. The standard InChI is InChI=1S/C20H14Br2N2O6S/c1-28-18-10(4-11(21)6-13(18)22)5-16-19(26)24(20(27)31-16)8-17(25)23-12-2-3-14-15(7-12)30-9-29-14/h2-7H,8-9H2,1H3,(H,23,25)/b16-5+. The molecular formula is C20H14Br2N2O6S. The van der Waals surface area contributed by atoms with Gasteiger partial charge in [0.25, 0.3) is 11.1 Å². The highest BCUT2D eigenvalue weighted by atomic mass is 79.9. The zero-order valence-electron chi connectivity index (χ0n) is 15.9. The molecule has 0 bridgehead atoms. The fraction of sp³-hybridized carbons (Fsp3) is 0.150. The minimum absolute atomic E-state index is 0.120. The van der Waals surface area contributed by atoms with E-state index in [1.165, 1.54) is 7.11 Å². The number of rotatable bonds is 5. The van der Waals surface area contributed by atoms with E-state index in [-0.39, 0.29) is 11.7 Å². The van der Waals surface area contributed by atoms with Crippen LogP contribution in [0.15, 0.2) is 44.2 Å². The van der Waals surface area contributed by atoms with E-state index in [0.717, 1.165) is 21.1 Å².